The van der Waals surface area contributed by atoms with Gasteiger partial charge in [-0.25, -0.2) is 0 Å². The minimum absolute atomic E-state index is 0.497. The van der Waals surface area contributed by atoms with Crippen LogP contribution >= 0.6 is 0 Å². The average Bonchev–Trinajstić information content (AvgIpc) is 2.47. The number of fused-ring (bicyclic) bond motifs is 3. The van der Waals surface area contributed by atoms with Gasteiger partial charge < -0.3 is 4.90 Å². The first kappa shape index (κ1) is 8.96. The Morgan fingerprint density at radius 1 is 1.36 bits per heavy atom. The maximum Gasteiger partial charge on any atom is 0.0101 e. The van der Waals surface area contributed by atoms with E-state index in [0.29, 0.717) is 5.41 Å². The largest absolute Gasteiger partial charge is 0.302 e. The summed E-state index contributed by atoms with van der Waals surface area (Å²) >= 11 is 0. The fraction of sp³-hybridized carbons (Fsp3) is 0.846. The zero-order chi connectivity index (χ0) is 9.92. The Bertz CT molecular complexity index is 272. The predicted octanol–water partition coefficient (Wildman–Crippen LogP) is 2.54. The van der Waals surface area contributed by atoms with Crippen molar-refractivity contribution >= 4 is 0 Å². The number of hydrogen-bond donors (Lipinski definition) is 0. The second-order valence-corrected chi connectivity index (χ2v) is 5.76. The van der Waals surface area contributed by atoms with E-state index < -0.39 is 0 Å². The van der Waals surface area contributed by atoms with E-state index in [2.05, 4.69) is 31.5 Å². The molecule has 0 bridgehead atoms. The molecule has 1 saturated heterocycles. The summed E-state index contributed by atoms with van der Waals surface area (Å²) in [6.07, 6.45) is 6.74. The summed E-state index contributed by atoms with van der Waals surface area (Å²) in [4.78, 5) is 2.54. The molecular formula is C13H21N. The molecule has 2 unspecified atom stereocenters. The highest BCUT2D eigenvalue weighted by Crippen LogP contribution is 2.64. The van der Waals surface area contributed by atoms with E-state index in [9.17, 15) is 0 Å². The van der Waals surface area contributed by atoms with Gasteiger partial charge in [-0.15, -0.1) is 6.58 Å². The van der Waals surface area contributed by atoms with Gasteiger partial charge in [-0.2, -0.15) is 0 Å². The van der Waals surface area contributed by atoms with Crippen molar-refractivity contribution in [1.82, 2.24) is 4.90 Å². The van der Waals surface area contributed by atoms with Crippen LogP contribution in [-0.2, 0) is 0 Å². The lowest BCUT2D eigenvalue weighted by molar-refractivity contribution is 0.113. The number of rotatable bonds is 1. The molecule has 0 aromatic rings. The second-order valence-electron chi connectivity index (χ2n) is 5.76. The molecule has 3 rings (SSSR count). The highest BCUT2D eigenvalue weighted by Gasteiger charge is 2.61. The molecule has 3 fully saturated rings. The Kier molecular flexibility index (Phi) is 1.69. The van der Waals surface area contributed by atoms with Crippen molar-refractivity contribution < 1.29 is 0 Å². The molecule has 78 valence electrons. The highest BCUT2D eigenvalue weighted by molar-refractivity contribution is 5.19. The standard InChI is InChI=1S/C13H21N/c1-4-13-8-14(3)9(2)12(13)7-10-5-6-11(10)13/h4,9-12H,1,5-8H2,2-3H3/t9-,10?,11?,12-,13-/m1/s1. The molecule has 14 heavy (non-hydrogen) atoms. The molecule has 2 saturated carbocycles. The minimum atomic E-state index is 0.497. The van der Waals surface area contributed by atoms with Gasteiger partial charge in [-0.3, -0.25) is 0 Å². The average molecular weight is 191 g/mol. The summed E-state index contributed by atoms with van der Waals surface area (Å²) in [5, 5.41) is 0. The quantitative estimate of drug-likeness (QED) is 0.576. The van der Waals surface area contributed by atoms with Crippen molar-refractivity contribution in [3.05, 3.63) is 12.7 Å². The smallest absolute Gasteiger partial charge is 0.0101 e. The van der Waals surface area contributed by atoms with Gasteiger partial charge in [-0.1, -0.05) is 6.08 Å². The van der Waals surface area contributed by atoms with Crippen LogP contribution in [0.1, 0.15) is 26.2 Å². The zero-order valence-corrected chi connectivity index (χ0v) is 9.37. The molecule has 1 aliphatic heterocycles. The van der Waals surface area contributed by atoms with Crippen LogP contribution in [0.2, 0.25) is 0 Å². The van der Waals surface area contributed by atoms with E-state index in [0.717, 1.165) is 23.8 Å². The third-order valence-corrected chi connectivity index (χ3v) is 5.54. The number of likely N-dealkylation sites (tertiary alicyclic amines) is 1. The molecular weight excluding hydrogens is 170 g/mol. The Morgan fingerprint density at radius 2 is 2.14 bits per heavy atom. The highest BCUT2D eigenvalue weighted by atomic mass is 15.2. The second kappa shape index (κ2) is 2.63. The van der Waals surface area contributed by atoms with Crippen molar-refractivity contribution in [2.45, 2.75) is 32.2 Å². The van der Waals surface area contributed by atoms with E-state index in [-0.39, 0.29) is 0 Å². The lowest BCUT2D eigenvalue weighted by Crippen LogP contribution is -2.37. The first-order valence-corrected chi connectivity index (χ1v) is 6.03. The number of nitrogens with zero attached hydrogens (tertiary/aromatic N) is 1. The summed E-state index contributed by atoms with van der Waals surface area (Å²) in [6.45, 7) is 7.81. The molecule has 1 heterocycles. The molecule has 0 N–H and O–H groups in total. The Labute approximate surface area is 87.2 Å². The number of hydrogen-bond acceptors (Lipinski definition) is 1. The van der Waals surface area contributed by atoms with Crippen LogP contribution in [-0.4, -0.2) is 24.5 Å². The van der Waals surface area contributed by atoms with Crippen LogP contribution < -0.4 is 0 Å². The lowest BCUT2D eigenvalue weighted by Gasteiger charge is -2.41. The van der Waals surface area contributed by atoms with Crippen molar-refractivity contribution in [3.63, 3.8) is 0 Å². The summed E-state index contributed by atoms with van der Waals surface area (Å²) in [5.74, 6) is 2.94. The molecule has 0 aromatic heterocycles. The Morgan fingerprint density at radius 3 is 2.71 bits per heavy atom. The van der Waals surface area contributed by atoms with E-state index in [1.54, 1.807) is 0 Å². The molecule has 2 aliphatic carbocycles. The molecule has 0 spiro atoms. The fourth-order valence-corrected chi connectivity index (χ4v) is 4.51. The van der Waals surface area contributed by atoms with Gasteiger partial charge >= 0.3 is 0 Å². The first-order valence-electron chi connectivity index (χ1n) is 6.03. The van der Waals surface area contributed by atoms with E-state index in [1.165, 1.54) is 25.8 Å². The topological polar surface area (TPSA) is 3.24 Å². The van der Waals surface area contributed by atoms with Crippen LogP contribution in [0.4, 0.5) is 0 Å². The maximum atomic E-state index is 4.14. The molecule has 0 radical (unpaired) electrons. The van der Waals surface area contributed by atoms with Gasteiger partial charge in [0.1, 0.15) is 0 Å². The van der Waals surface area contributed by atoms with Gasteiger partial charge in [0, 0.05) is 18.0 Å². The summed E-state index contributed by atoms with van der Waals surface area (Å²) in [6, 6.07) is 0.776. The van der Waals surface area contributed by atoms with Gasteiger partial charge in [-0.05, 0) is 51.0 Å². The lowest BCUT2D eigenvalue weighted by atomic mass is 9.64. The third-order valence-electron chi connectivity index (χ3n) is 5.54. The Hall–Kier alpha value is -0.300. The molecule has 5 atom stereocenters. The molecule has 1 nitrogen and oxygen atoms in total. The van der Waals surface area contributed by atoms with Gasteiger partial charge in [0.15, 0.2) is 0 Å². The van der Waals surface area contributed by atoms with Gasteiger partial charge in [0.25, 0.3) is 0 Å². The van der Waals surface area contributed by atoms with Crippen molar-refractivity contribution in [2.75, 3.05) is 13.6 Å². The van der Waals surface area contributed by atoms with Crippen molar-refractivity contribution in [1.29, 1.82) is 0 Å². The van der Waals surface area contributed by atoms with Crippen LogP contribution in [0.3, 0.4) is 0 Å². The van der Waals surface area contributed by atoms with E-state index in [4.69, 9.17) is 0 Å². The van der Waals surface area contributed by atoms with Crippen LogP contribution in [0.15, 0.2) is 12.7 Å². The van der Waals surface area contributed by atoms with E-state index >= 15 is 0 Å². The van der Waals surface area contributed by atoms with E-state index in [1.807, 2.05) is 0 Å². The monoisotopic (exact) mass is 191 g/mol. The van der Waals surface area contributed by atoms with Crippen molar-refractivity contribution in [2.24, 2.45) is 23.2 Å². The molecule has 3 aliphatic rings. The van der Waals surface area contributed by atoms with Crippen molar-refractivity contribution in [3.8, 4) is 0 Å². The molecule has 0 aromatic carbocycles. The molecule has 1 heteroatoms. The summed E-state index contributed by atoms with van der Waals surface area (Å²) < 4.78 is 0. The third kappa shape index (κ3) is 0.809. The summed E-state index contributed by atoms with van der Waals surface area (Å²) in [7, 11) is 2.28. The van der Waals surface area contributed by atoms with Crippen LogP contribution in [0, 0.1) is 23.2 Å². The SMILES string of the molecule is C=C[C@]12CN(C)[C@H](C)[C@H]1CC1CCC12. The molecule has 0 amide bonds. The normalized spacial score (nSPS) is 56.4. The van der Waals surface area contributed by atoms with Gasteiger partial charge in [0.05, 0.1) is 0 Å². The zero-order valence-electron chi connectivity index (χ0n) is 9.37. The fourth-order valence-electron chi connectivity index (χ4n) is 4.51. The Balaban J connectivity index is 1.98. The first-order chi connectivity index (χ1) is 6.69. The minimum Gasteiger partial charge on any atom is -0.302 e. The summed E-state index contributed by atoms with van der Waals surface area (Å²) in [5.41, 5.74) is 0.497. The van der Waals surface area contributed by atoms with Gasteiger partial charge in [0.2, 0.25) is 0 Å². The maximum absolute atomic E-state index is 4.14. The van der Waals surface area contributed by atoms with Crippen LogP contribution in [0.5, 0.6) is 0 Å². The predicted molar refractivity (Wildman–Crippen MR) is 59.0 cm³/mol. The van der Waals surface area contributed by atoms with Crippen LogP contribution in [0.25, 0.3) is 0 Å².